The number of ether oxygens (including phenoxy) is 1. The number of hydrogen-bond acceptors (Lipinski definition) is 3. The van der Waals surface area contributed by atoms with Crippen molar-refractivity contribution in [2.24, 2.45) is 5.92 Å². The number of aliphatic hydroxyl groups is 1. The van der Waals surface area contributed by atoms with Crippen LogP contribution in [0, 0.1) is 5.92 Å². The molecule has 0 radical (unpaired) electrons. The van der Waals surface area contributed by atoms with E-state index in [1.807, 2.05) is 12.1 Å². The van der Waals surface area contributed by atoms with Crippen LogP contribution in [0.1, 0.15) is 37.3 Å². The first-order valence-corrected chi connectivity index (χ1v) is 6.96. The molecule has 1 aliphatic heterocycles. The zero-order chi connectivity index (χ0) is 12.4. The number of rotatable bonds is 3. The van der Waals surface area contributed by atoms with Gasteiger partial charge in [0.05, 0.1) is 12.7 Å². The summed E-state index contributed by atoms with van der Waals surface area (Å²) < 4.78 is 5.66. The smallest absolute Gasteiger partial charge is 0.124 e. The topological polar surface area (TPSA) is 41.5 Å². The lowest BCUT2D eigenvalue weighted by Crippen LogP contribution is -2.30. The molecule has 1 aromatic rings. The Balaban J connectivity index is 1.60. The summed E-state index contributed by atoms with van der Waals surface area (Å²) in [6.45, 7) is 1.80. The first-order valence-electron chi connectivity index (χ1n) is 6.96. The largest absolute Gasteiger partial charge is 0.493 e. The van der Waals surface area contributed by atoms with Crippen LogP contribution in [-0.4, -0.2) is 24.4 Å². The third kappa shape index (κ3) is 2.52. The maximum atomic E-state index is 9.55. The van der Waals surface area contributed by atoms with Gasteiger partial charge in [0.2, 0.25) is 0 Å². The minimum absolute atomic E-state index is 0.0706. The highest BCUT2D eigenvalue weighted by atomic mass is 16.5. The predicted molar refractivity (Wildman–Crippen MR) is 70.6 cm³/mol. The summed E-state index contributed by atoms with van der Waals surface area (Å²) in [4.78, 5) is 0. The van der Waals surface area contributed by atoms with Gasteiger partial charge in [0.1, 0.15) is 5.75 Å². The maximum Gasteiger partial charge on any atom is 0.124 e. The van der Waals surface area contributed by atoms with Crippen LogP contribution in [0.2, 0.25) is 0 Å². The van der Waals surface area contributed by atoms with Crippen molar-refractivity contribution < 1.29 is 9.84 Å². The molecule has 3 atom stereocenters. The van der Waals surface area contributed by atoms with Crippen LogP contribution in [-0.2, 0) is 0 Å². The minimum Gasteiger partial charge on any atom is -0.493 e. The highest BCUT2D eigenvalue weighted by Crippen LogP contribution is 2.32. The van der Waals surface area contributed by atoms with Crippen molar-refractivity contribution in [3.05, 3.63) is 29.8 Å². The maximum absolute atomic E-state index is 9.55. The lowest BCUT2D eigenvalue weighted by Gasteiger charge is -2.27. The monoisotopic (exact) mass is 247 g/mol. The molecule has 98 valence electrons. The molecule has 3 nitrogen and oxygen atoms in total. The highest BCUT2D eigenvalue weighted by Gasteiger charge is 2.25. The molecule has 0 spiro atoms. The van der Waals surface area contributed by atoms with Crippen LogP contribution >= 0.6 is 0 Å². The number of benzene rings is 1. The summed E-state index contributed by atoms with van der Waals surface area (Å²) in [5.74, 6) is 1.66. The van der Waals surface area contributed by atoms with Gasteiger partial charge in [0, 0.05) is 18.0 Å². The molecule has 2 N–H and O–H groups in total. The Morgan fingerprint density at radius 1 is 1.22 bits per heavy atom. The zero-order valence-electron chi connectivity index (χ0n) is 10.6. The fourth-order valence-electron chi connectivity index (χ4n) is 3.10. The average molecular weight is 247 g/mol. The Morgan fingerprint density at radius 2 is 2.11 bits per heavy atom. The molecular formula is C15H21NO2. The van der Waals surface area contributed by atoms with Crippen molar-refractivity contribution >= 4 is 0 Å². The van der Waals surface area contributed by atoms with Crippen LogP contribution in [0.25, 0.3) is 0 Å². The Kier molecular flexibility index (Phi) is 3.52. The molecule has 0 saturated heterocycles. The highest BCUT2D eigenvalue weighted by molar-refractivity contribution is 5.37. The molecule has 0 aromatic heterocycles. The molecule has 1 aliphatic carbocycles. The Labute approximate surface area is 108 Å². The quantitative estimate of drug-likeness (QED) is 0.861. The van der Waals surface area contributed by atoms with E-state index in [4.69, 9.17) is 4.74 Å². The van der Waals surface area contributed by atoms with Crippen molar-refractivity contribution in [3.8, 4) is 5.75 Å². The van der Waals surface area contributed by atoms with E-state index in [9.17, 15) is 5.11 Å². The van der Waals surface area contributed by atoms with Crippen molar-refractivity contribution in [2.75, 3.05) is 13.2 Å². The Morgan fingerprint density at radius 3 is 2.94 bits per heavy atom. The molecule has 0 bridgehead atoms. The zero-order valence-corrected chi connectivity index (χ0v) is 10.6. The van der Waals surface area contributed by atoms with Gasteiger partial charge in [0.25, 0.3) is 0 Å². The van der Waals surface area contributed by atoms with E-state index < -0.39 is 0 Å². The second-order valence-corrected chi connectivity index (χ2v) is 5.47. The normalized spacial score (nSPS) is 30.8. The lowest BCUT2D eigenvalue weighted by molar-refractivity contribution is 0.176. The third-order valence-corrected chi connectivity index (χ3v) is 4.12. The van der Waals surface area contributed by atoms with E-state index in [0.717, 1.165) is 44.6 Å². The van der Waals surface area contributed by atoms with Gasteiger partial charge >= 0.3 is 0 Å². The van der Waals surface area contributed by atoms with Crippen molar-refractivity contribution in [1.82, 2.24) is 5.32 Å². The summed E-state index contributed by atoms with van der Waals surface area (Å²) in [5.41, 5.74) is 1.28. The van der Waals surface area contributed by atoms with Crippen LogP contribution < -0.4 is 10.1 Å². The van der Waals surface area contributed by atoms with Gasteiger partial charge in [-0.2, -0.15) is 0 Å². The molecular weight excluding hydrogens is 226 g/mol. The van der Waals surface area contributed by atoms with Crippen LogP contribution in [0.5, 0.6) is 5.75 Å². The van der Waals surface area contributed by atoms with Gasteiger partial charge in [-0.3, -0.25) is 0 Å². The number of para-hydroxylation sites is 1. The molecule has 3 rings (SSSR count). The standard InChI is InChI=1S/C15H21NO2/c17-12-6-5-11(9-12)10-16-14-7-8-18-15-4-2-1-3-13(14)15/h1-4,11-12,14,16-17H,5-10H2. The van der Waals surface area contributed by atoms with Gasteiger partial charge in [-0.1, -0.05) is 18.2 Å². The second kappa shape index (κ2) is 5.29. The number of nitrogens with one attached hydrogen (secondary N) is 1. The molecule has 3 heteroatoms. The van der Waals surface area contributed by atoms with Crippen molar-refractivity contribution in [3.63, 3.8) is 0 Å². The first kappa shape index (κ1) is 12.0. The first-order chi connectivity index (χ1) is 8.83. The molecule has 18 heavy (non-hydrogen) atoms. The summed E-state index contributed by atoms with van der Waals surface area (Å²) in [5, 5.41) is 13.2. The summed E-state index contributed by atoms with van der Waals surface area (Å²) in [7, 11) is 0. The van der Waals surface area contributed by atoms with Crippen molar-refractivity contribution in [1.29, 1.82) is 0 Å². The molecule has 1 saturated carbocycles. The molecule has 3 unspecified atom stereocenters. The van der Waals surface area contributed by atoms with Crippen molar-refractivity contribution in [2.45, 2.75) is 37.8 Å². The van der Waals surface area contributed by atoms with E-state index >= 15 is 0 Å². The van der Waals surface area contributed by atoms with Gasteiger partial charge in [-0.15, -0.1) is 0 Å². The van der Waals surface area contributed by atoms with E-state index in [0.29, 0.717) is 12.0 Å². The van der Waals surface area contributed by atoms with E-state index in [1.54, 1.807) is 0 Å². The Bertz CT molecular complexity index is 407. The molecule has 1 aromatic carbocycles. The summed E-state index contributed by atoms with van der Waals surface area (Å²) in [6.07, 6.45) is 4.04. The third-order valence-electron chi connectivity index (χ3n) is 4.12. The lowest BCUT2D eigenvalue weighted by atomic mass is 9.99. The molecule has 1 heterocycles. The molecule has 0 amide bonds. The van der Waals surface area contributed by atoms with E-state index in [2.05, 4.69) is 17.4 Å². The SMILES string of the molecule is OC1CCC(CNC2CCOc3ccccc32)C1. The number of hydrogen-bond donors (Lipinski definition) is 2. The molecule has 2 aliphatic rings. The second-order valence-electron chi connectivity index (χ2n) is 5.47. The van der Waals surface area contributed by atoms with Gasteiger partial charge in [0.15, 0.2) is 0 Å². The summed E-state index contributed by atoms with van der Waals surface area (Å²) in [6, 6.07) is 8.70. The van der Waals surface area contributed by atoms with Crippen LogP contribution in [0.4, 0.5) is 0 Å². The van der Waals surface area contributed by atoms with Gasteiger partial charge in [-0.25, -0.2) is 0 Å². The van der Waals surface area contributed by atoms with Crippen LogP contribution in [0.15, 0.2) is 24.3 Å². The average Bonchev–Trinajstić information content (AvgIpc) is 2.82. The van der Waals surface area contributed by atoms with E-state index in [1.165, 1.54) is 5.56 Å². The Hall–Kier alpha value is -1.06. The van der Waals surface area contributed by atoms with Crippen LogP contribution in [0.3, 0.4) is 0 Å². The number of aliphatic hydroxyl groups excluding tert-OH is 1. The van der Waals surface area contributed by atoms with Gasteiger partial charge in [-0.05, 0) is 37.8 Å². The summed E-state index contributed by atoms with van der Waals surface area (Å²) >= 11 is 0. The predicted octanol–water partition coefficient (Wildman–Crippen LogP) is 2.26. The van der Waals surface area contributed by atoms with Gasteiger partial charge < -0.3 is 15.2 Å². The van der Waals surface area contributed by atoms with E-state index in [-0.39, 0.29) is 6.10 Å². The number of fused-ring (bicyclic) bond motifs is 1. The fraction of sp³-hybridized carbons (Fsp3) is 0.600. The molecule has 1 fully saturated rings. The fourth-order valence-corrected chi connectivity index (χ4v) is 3.10. The minimum atomic E-state index is -0.0706.